The summed E-state index contributed by atoms with van der Waals surface area (Å²) in [6.45, 7) is 13.6. The average molecular weight is 642 g/mol. The molecule has 1 unspecified atom stereocenters. The average Bonchev–Trinajstić information content (AvgIpc) is 3.58. The Kier molecular flexibility index (Phi) is 8.62. The number of aromatic nitrogens is 4. The zero-order valence-electron chi connectivity index (χ0n) is 27.8. The van der Waals surface area contributed by atoms with Crippen LogP contribution in [-0.4, -0.2) is 57.1 Å². The van der Waals surface area contributed by atoms with Crippen LogP contribution < -0.4 is 21.1 Å². The van der Waals surface area contributed by atoms with Crippen molar-refractivity contribution in [3.8, 4) is 17.2 Å². The Bertz CT molecular complexity index is 2040. The summed E-state index contributed by atoms with van der Waals surface area (Å²) in [4.78, 5) is 29.0. The smallest absolute Gasteiger partial charge is 0.354 e. The molecule has 48 heavy (non-hydrogen) atoms. The van der Waals surface area contributed by atoms with Crippen LogP contribution in [0.2, 0.25) is 0 Å². The van der Waals surface area contributed by atoms with Crippen LogP contribution in [0.4, 0.5) is 11.5 Å². The summed E-state index contributed by atoms with van der Waals surface area (Å²) in [5.74, 6) is 1.71. The predicted octanol–water partition coefficient (Wildman–Crippen LogP) is 7.30. The molecule has 0 saturated carbocycles. The molecule has 7 rings (SSSR count). The third-order valence-electron chi connectivity index (χ3n) is 10.2. The number of nitrogen functional groups attached to an aromatic ring is 1. The van der Waals surface area contributed by atoms with Gasteiger partial charge in [0.2, 0.25) is 0 Å². The first kappa shape index (κ1) is 31.4. The SMILES string of the molecule is C=Cc1ccc(N2CCN(CC3=C(c4ccc(-n5ccc(N)nc5=O)cc4)CC(C)(CC)CC3)CC2)cc1Oc1cnc2[nH]ccc2c1. The fraction of sp³-hybridized carbons (Fsp3) is 0.308. The highest BCUT2D eigenvalue weighted by Crippen LogP contribution is 2.45. The Labute approximate surface area is 281 Å². The van der Waals surface area contributed by atoms with Crippen molar-refractivity contribution in [2.24, 2.45) is 5.41 Å². The Morgan fingerprint density at radius 1 is 1.04 bits per heavy atom. The highest BCUT2D eigenvalue weighted by atomic mass is 16.5. The van der Waals surface area contributed by atoms with Gasteiger partial charge in [-0.05, 0) is 78.3 Å². The number of piperazine rings is 1. The van der Waals surface area contributed by atoms with Gasteiger partial charge in [0, 0.05) is 67.8 Å². The van der Waals surface area contributed by atoms with Gasteiger partial charge < -0.3 is 20.4 Å². The number of benzene rings is 2. The maximum Gasteiger partial charge on any atom is 0.354 e. The van der Waals surface area contributed by atoms with E-state index < -0.39 is 0 Å². The van der Waals surface area contributed by atoms with Crippen molar-refractivity contribution in [1.29, 1.82) is 0 Å². The Morgan fingerprint density at radius 3 is 2.58 bits per heavy atom. The van der Waals surface area contributed by atoms with E-state index in [1.54, 1.807) is 18.5 Å². The highest BCUT2D eigenvalue weighted by molar-refractivity contribution is 5.77. The van der Waals surface area contributed by atoms with Gasteiger partial charge in [-0.15, -0.1) is 0 Å². The van der Waals surface area contributed by atoms with Gasteiger partial charge in [-0.25, -0.2) is 9.78 Å². The lowest BCUT2D eigenvalue weighted by molar-refractivity contribution is 0.252. The summed E-state index contributed by atoms with van der Waals surface area (Å²) in [5.41, 5.74) is 13.6. The van der Waals surface area contributed by atoms with Crippen molar-refractivity contribution >= 4 is 34.2 Å². The second-order valence-corrected chi connectivity index (χ2v) is 13.4. The second kappa shape index (κ2) is 13.2. The number of nitrogens with two attached hydrogens (primary N) is 1. The topological polar surface area (TPSA) is 105 Å². The molecule has 0 bridgehead atoms. The van der Waals surface area contributed by atoms with E-state index in [1.807, 2.05) is 36.5 Å². The van der Waals surface area contributed by atoms with Crippen molar-refractivity contribution in [2.45, 2.75) is 39.5 Å². The van der Waals surface area contributed by atoms with E-state index in [9.17, 15) is 4.79 Å². The van der Waals surface area contributed by atoms with Gasteiger partial charge >= 0.3 is 5.69 Å². The van der Waals surface area contributed by atoms with Crippen LogP contribution in [0.15, 0.2) is 96.2 Å². The molecule has 1 saturated heterocycles. The van der Waals surface area contributed by atoms with Crippen LogP contribution in [0.25, 0.3) is 28.4 Å². The van der Waals surface area contributed by atoms with Crippen molar-refractivity contribution < 1.29 is 4.74 Å². The van der Waals surface area contributed by atoms with Gasteiger partial charge in [0.05, 0.1) is 11.9 Å². The highest BCUT2D eigenvalue weighted by Gasteiger charge is 2.31. The minimum atomic E-state index is -0.370. The predicted molar refractivity (Wildman–Crippen MR) is 195 cm³/mol. The quantitative estimate of drug-likeness (QED) is 0.174. The van der Waals surface area contributed by atoms with Crippen LogP contribution >= 0.6 is 0 Å². The van der Waals surface area contributed by atoms with E-state index in [2.05, 4.69) is 75.5 Å². The zero-order valence-corrected chi connectivity index (χ0v) is 27.8. The number of ether oxygens (including phenoxy) is 1. The summed E-state index contributed by atoms with van der Waals surface area (Å²) < 4.78 is 7.87. The van der Waals surface area contributed by atoms with E-state index in [0.717, 1.165) is 85.7 Å². The first-order chi connectivity index (χ1) is 23.3. The van der Waals surface area contributed by atoms with E-state index in [0.29, 0.717) is 5.75 Å². The Balaban J connectivity index is 1.06. The van der Waals surface area contributed by atoms with Gasteiger partial charge in [0.15, 0.2) is 0 Å². The second-order valence-electron chi connectivity index (χ2n) is 13.4. The minimum Gasteiger partial charge on any atom is -0.455 e. The monoisotopic (exact) mass is 641 g/mol. The summed E-state index contributed by atoms with van der Waals surface area (Å²) in [6.07, 6.45) is 11.7. The van der Waals surface area contributed by atoms with E-state index >= 15 is 0 Å². The molecular weight excluding hydrogens is 598 g/mol. The molecule has 9 nitrogen and oxygen atoms in total. The molecule has 4 heterocycles. The van der Waals surface area contributed by atoms with Crippen LogP contribution in [0.1, 0.15) is 50.7 Å². The van der Waals surface area contributed by atoms with Gasteiger partial charge in [-0.3, -0.25) is 9.47 Å². The number of rotatable bonds is 9. The van der Waals surface area contributed by atoms with Crippen molar-refractivity contribution in [3.05, 3.63) is 113 Å². The largest absolute Gasteiger partial charge is 0.455 e. The molecular formula is C39H43N7O2. The molecule has 0 spiro atoms. The normalized spacial score (nSPS) is 18.8. The maximum atomic E-state index is 12.4. The third-order valence-corrected chi connectivity index (χ3v) is 10.2. The number of nitrogens with zero attached hydrogens (tertiary/aromatic N) is 5. The molecule has 3 N–H and O–H groups in total. The molecule has 0 amide bonds. The Hall–Kier alpha value is -5.15. The first-order valence-electron chi connectivity index (χ1n) is 16.8. The molecule has 1 atom stereocenters. The van der Waals surface area contributed by atoms with Crippen LogP contribution in [0.3, 0.4) is 0 Å². The molecule has 2 aliphatic rings. The molecule has 246 valence electrons. The molecule has 9 heteroatoms. The number of fused-ring (bicyclic) bond motifs is 1. The molecule has 3 aromatic heterocycles. The fourth-order valence-electron chi connectivity index (χ4n) is 6.98. The molecule has 1 aliphatic carbocycles. The standard InChI is InChI=1S/C39H43N7O2/c1-4-27-6-11-32(23-35(27)48-33-22-29-13-16-41-37(29)42-25-33)45-20-18-44(19-21-45)26-30-12-15-39(3,5-2)24-34(30)28-7-9-31(10-8-28)46-17-14-36(40)43-38(46)47/h4,6-11,13-14,16-17,22-23,25H,1,5,12,15,18-21,24,26H2,2-3H3,(H,41,42)(H2,40,43,47). The van der Waals surface area contributed by atoms with Crippen LogP contribution in [-0.2, 0) is 0 Å². The lowest BCUT2D eigenvalue weighted by Crippen LogP contribution is -2.47. The van der Waals surface area contributed by atoms with Gasteiger partial charge in [0.1, 0.15) is 23.0 Å². The third kappa shape index (κ3) is 6.51. The van der Waals surface area contributed by atoms with E-state index in [-0.39, 0.29) is 16.9 Å². The maximum absolute atomic E-state index is 12.4. The summed E-state index contributed by atoms with van der Waals surface area (Å²) >= 11 is 0. The van der Waals surface area contributed by atoms with Gasteiger partial charge in [-0.1, -0.05) is 50.6 Å². The summed E-state index contributed by atoms with van der Waals surface area (Å²) in [6, 6.07) is 20.4. The lowest BCUT2D eigenvalue weighted by atomic mass is 9.70. The van der Waals surface area contributed by atoms with Crippen molar-refractivity contribution in [3.63, 3.8) is 0 Å². The number of hydrogen-bond acceptors (Lipinski definition) is 7. The van der Waals surface area contributed by atoms with Crippen LogP contribution in [0, 0.1) is 5.41 Å². The van der Waals surface area contributed by atoms with Crippen LogP contribution in [0.5, 0.6) is 11.5 Å². The van der Waals surface area contributed by atoms with Crippen molar-refractivity contribution in [1.82, 2.24) is 24.4 Å². The first-order valence-corrected chi connectivity index (χ1v) is 16.8. The molecule has 0 radical (unpaired) electrons. The number of H-pyrrole nitrogens is 1. The van der Waals surface area contributed by atoms with Crippen molar-refractivity contribution in [2.75, 3.05) is 43.4 Å². The Morgan fingerprint density at radius 2 is 1.83 bits per heavy atom. The molecule has 1 fully saturated rings. The van der Waals surface area contributed by atoms with Gasteiger partial charge in [0.25, 0.3) is 0 Å². The van der Waals surface area contributed by atoms with E-state index in [4.69, 9.17) is 10.5 Å². The fourth-order valence-corrected chi connectivity index (χ4v) is 6.98. The number of nitrogens with one attached hydrogen (secondary N) is 1. The summed E-state index contributed by atoms with van der Waals surface area (Å²) in [5, 5.41) is 1.01. The van der Waals surface area contributed by atoms with Gasteiger partial charge in [-0.2, -0.15) is 4.98 Å². The molecule has 2 aromatic carbocycles. The molecule has 1 aliphatic heterocycles. The number of hydrogen-bond donors (Lipinski definition) is 2. The number of allylic oxidation sites excluding steroid dienone is 1. The lowest BCUT2D eigenvalue weighted by Gasteiger charge is -2.40. The number of anilines is 2. The summed E-state index contributed by atoms with van der Waals surface area (Å²) in [7, 11) is 0. The zero-order chi connectivity index (χ0) is 33.3. The van der Waals surface area contributed by atoms with E-state index in [1.165, 1.54) is 27.7 Å². The molecule has 5 aromatic rings. The number of aromatic amines is 1. The minimum absolute atomic E-state index is 0.230. The number of pyridine rings is 1.